The Labute approximate surface area is 122 Å². The average Bonchev–Trinajstić information content (AvgIpc) is 2.81. The molecule has 3 nitrogen and oxygen atoms in total. The van der Waals surface area contributed by atoms with Crippen LogP contribution in [0.5, 0.6) is 0 Å². The Morgan fingerprint density at radius 2 is 1.80 bits per heavy atom. The summed E-state index contributed by atoms with van der Waals surface area (Å²) in [6.07, 6.45) is 2.11. The van der Waals surface area contributed by atoms with Gasteiger partial charge in [-0.3, -0.25) is 4.68 Å². The van der Waals surface area contributed by atoms with Crippen molar-refractivity contribution < 1.29 is 0 Å². The molecule has 1 heterocycles. The molecule has 0 spiro atoms. The van der Waals surface area contributed by atoms with Gasteiger partial charge in [0.15, 0.2) is 0 Å². The SMILES string of the molecule is CCNC(C)c1ccc(-c2cn(C)nc2C(C)C)cc1. The van der Waals surface area contributed by atoms with Crippen LogP contribution in [0.15, 0.2) is 30.5 Å². The average molecular weight is 271 g/mol. The molecular weight excluding hydrogens is 246 g/mol. The highest BCUT2D eigenvalue weighted by atomic mass is 15.3. The minimum absolute atomic E-state index is 0.396. The molecule has 0 bridgehead atoms. The lowest BCUT2D eigenvalue weighted by molar-refractivity contribution is 0.598. The maximum Gasteiger partial charge on any atom is 0.0728 e. The molecule has 0 saturated heterocycles. The maximum absolute atomic E-state index is 4.58. The first kappa shape index (κ1) is 14.8. The minimum atomic E-state index is 0.396. The van der Waals surface area contributed by atoms with Crippen LogP contribution in [0.2, 0.25) is 0 Å². The quantitative estimate of drug-likeness (QED) is 0.894. The molecule has 0 amide bonds. The van der Waals surface area contributed by atoms with Crippen LogP contribution in [0.25, 0.3) is 11.1 Å². The number of hydrogen-bond donors (Lipinski definition) is 1. The van der Waals surface area contributed by atoms with Crippen LogP contribution in [0.1, 0.15) is 50.9 Å². The van der Waals surface area contributed by atoms with Gasteiger partial charge in [0.25, 0.3) is 0 Å². The van der Waals surface area contributed by atoms with Gasteiger partial charge in [0.2, 0.25) is 0 Å². The molecule has 0 aliphatic rings. The molecule has 3 heteroatoms. The van der Waals surface area contributed by atoms with Gasteiger partial charge in [-0.15, -0.1) is 0 Å². The molecular formula is C17H25N3. The molecule has 1 unspecified atom stereocenters. The van der Waals surface area contributed by atoms with Crippen LogP contribution in [-0.4, -0.2) is 16.3 Å². The van der Waals surface area contributed by atoms with Crippen molar-refractivity contribution in [2.45, 2.75) is 39.7 Å². The standard InChI is InChI=1S/C17H25N3/c1-6-18-13(4)14-7-9-15(10-8-14)16-11-20(5)19-17(16)12(2)3/h7-13,18H,6H2,1-5H3. The molecule has 0 fully saturated rings. The third kappa shape index (κ3) is 3.10. The summed E-state index contributed by atoms with van der Waals surface area (Å²) in [5.74, 6) is 0.437. The van der Waals surface area contributed by atoms with Crippen molar-refractivity contribution >= 4 is 0 Å². The lowest BCUT2D eigenvalue weighted by atomic mass is 9.98. The highest BCUT2D eigenvalue weighted by Gasteiger charge is 2.13. The molecule has 108 valence electrons. The van der Waals surface area contributed by atoms with Crippen LogP contribution < -0.4 is 5.32 Å². The monoisotopic (exact) mass is 271 g/mol. The fraction of sp³-hybridized carbons (Fsp3) is 0.471. The molecule has 0 aliphatic carbocycles. The van der Waals surface area contributed by atoms with Crippen molar-refractivity contribution in [2.75, 3.05) is 6.54 Å². The first-order chi connectivity index (χ1) is 9.52. The molecule has 1 aromatic carbocycles. The van der Waals surface area contributed by atoms with Gasteiger partial charge in [-0.2, -0.15) is 5.10 Å². The summed E-state index contributed by atoms with van der Waals surface area (Å²) in [5, 5.41) is 8.02. The fourth-order valence-corrected chi connectivity index (χ4v) is 2.53. The van der Waals surface area contributed by atoms with Crippen LogP contribution >= 0.6 is 0 Å². The second-order valence-corrected chi connectivity index (χ2v) is 5.66. The van der Waals surface area contributed by atoms with E-state index in [1.165, 1.54) is 22.4 Å². The summed E-state index contributed by atoms with van der Waals surface area (Å²) in [6, 6.07) is 9.21. The Bertz CT molecular complexity index is 552. The van der Waals surface area contributed by atoms with E-state index in [0.29, 0.717) is 12.0 Å². The van der Waals surface area contributed by atoms with E-state index < -0.39 is 0 Å². The summed E-state index contributed by atoms with van der Waals surface area (Å²) in [4.78, 5) is 0. The number of aryl methyl sites for hydroxylation is 1. The lowest BCUT2D eigenvalue weighted by Gasteiger charge is -2.13. The topological polar surface area (TPSA) is 29.9 Å². The van der Waals surface area contributed by atoms with Crippen LogP contribution in [-0.2, 0) is 7.05 Å². The Morgan fingerprint density at radius 3 is 2.35 bits per heavy atom. The van der Waals surface area contributed by atoms with Crippen molar-refractivity contribution in [1.29, 1.82) is 0 Å². The second-order valence-electron chi connectivity index (χ2n) is 5.66. The number of benzene rings is 1. The number of aromatic nitrogens is 2. The van der Waals surface area contributed by atoms with Gasteiger partial charge in [-0.05, 0) is 30.5 Å². The van der Waals surface area contributed by atoms with Gasteiger partial charge >= 0.3 is 0 Å². The van der Waals surface area contributed by atoms with Crippen LogP contribution in [0, 0.1) is 0 Å². The summed E-state index contributed by atoms with van der Waals surface area (Å²) in [5.41, 5.74) is 4.98. The van der Waals surface area contributed by atoms with Gasteiger partial charge in [-0.1, -0.05) is 45.0 Å². The Balaban J connectivity index is 2.30. The highest BCUT2D eigenvalue weighted by Crippen LogP contribution is 2.28. The van der Waals surface area contributed by atoms with Crippen molar-refractivity contribution in [3.05, 3.63) is 41.7 Å². The summed E-state index contributed by atoms with van der Waals surface area (Å²) >= 11 is 0. The summed E-state index contributed by atoms with van der Waals surface area (Å²) in [6.45, 7) is 9.70. The molecule has 0 radical (unpaired) electrons. The van der Waals surface area contributed by atoms with Gasteiger partial charge in [0.1, 0.15) is 0 Å². The zero-order chi connectivity index (χ0) is 14.7. The summed E-state index contributed by atoms with van der Waals surface area (Å²) in [7, 11) is 1.98. The van der Waals surface area contributed by atoms with Gasteiger partial charge in [-0.25, -0.2) is 0 Å². The Hall–Kier alpha value is -1.61. The first-order valence-corrected chi connectivity index (χ1v) is 7.40. The molecule has 1 N–H and O–H groups in total. The Kier molecular flexibility index (Phi) is 4.61. The fourth-order valence-electron chi connectivity index (χ4n) is 2.53. The molecule has 0 saturated carbocycles. The third-order valence-electron chi connectivity index (χ3n) is 3.64. The largest absolute Gasteiger partial charge is 0.310 e. The summed E-state index contributed by atoms with van der Waals surface area (Å²) < 4.78 is 1.90. The number of rotatable bonds is 5. The maximum atomic E-state index is 4.58. The van der Waals surface area contributed by atoms with E-state index in [4.69, 9.17) is 0 Å². The third-order valence-corrected chi connectivity index (χ3v) is 3.64. The highest BCUT2D eigenvalue weighted by molar-refractivity contribution is 5.66. The van der Waals surface area contributed by atoms with Crippen LogP contribution in [0.3, 0.4) is 0 Å². The smallest absolute Gasteiger partial charge is 0.0728 e. The minimum Gasteiger partial charge on any atom is -0.310 e. The van der Waals surface area contributed by atoms with E-state index in [-0.39, 0.29) is 0 Å². The van der Waals surface area contributed by atoms with Crippen LogP contribution in [0.4, 0.5) is 0 Å². The zero-order valence-corrected chi connectivity index (χ0v) is 13.1. The normalized spacial score (nSPS) is 12.9. The lowest BCUT2D eigenvalue weighted by Crippen LogP contribution is -2.17. The van der Waals surface area contributed by atoms with Crippen molar-refractivity contribution in [1.82, 2.24) is 15.1 Å². The first-order valence-electron chi connectivity index (χ1n) is 7.40. The van der Waals surface area contributed by atoms with Crippen molar-refractivity contribution in [3.8, 4) is 11.1 Å². The Morgan fingerprint density at radius 1 is 1.15 bits per heavy atom. The number of hydrogen-bond acceptors (Lipinski definition) is 2. The predicted molar refractivity (Wildman–Crippen MR) is 84.8 cm³/mol. The van der Waals surface area contributed by atoms with E-state index >= 15 is 0 Å². The molecule has 1 atom stereocenters. The number of nitrogens with zero attached hydrogens (tertiary/aromatic N) is 2. The van der Waals surface area contributed by atoms with E-state index in [1.54, 1.807) is 0 Å². The molecule has 2 aromatic rings. The van der Waals surface area contributed by atoms with E-state index in [1.807, 2.05) is 11.7 Å². The van der Waals surface area contributed by atoms with Gasteiger partial charge in [0, 0.05) is 24.8 Å². The van der Waals surface area contributed by atoms with Gasteiger partial charge in [0.05, 0.1) is 5.69 Å². The van der Waals surface area contributed by atoms with Crippen molar-refractivity contribution in [3.63, 3.8) is 0 Å². The predicted octanol–water partition coefficient (Wildman–Crippen LogP) is 3.88. The second kappa shape index (κ2) is 6.23. The van der Waals surface area contributed by atoms with E-state index in [9.17, 15) is 0 Å². The molecule has 1 aromatic heterocycles. The van der Waals surface area contributed by atoms with E-state index in [2.05, 4.69) is 68.6 Å². The van der Waals surface area contributed by atoms with Crippen molar-refractivity contribution in [2.24, 2.45) is 7.05 Å². The van der Waals surface area contributed by atoms with Gasteiger partial charge < -0.3 is 5.32 Å². The van der Waals surface area contributed by atoms with E-state index in [0.717, 1.165) is 6.54 Å². The number of nitrogens with one attached hydrogen (secondary N) is 1. The zero-order valence-electron chi connectivity index (χ0n) is 13.1. The molecule has 0 aliphatic heterocycles. The molecule has 2 rings (SSSR count). The molecule has 20 heavy (non-hydrogen) atoms.